The Hall–Kier alpha value is -2.08. The Balaban J connectivity index is 1.84. The van der Waals surface area contributed by atoms with Crippen LogP contribution >= 0.6 is 15.9 Å². The van der Waals surface area contributed by atoms with Crippen LogP contribution in [0.2, 0.25) is 0 Å². The third kappa shape index (κ3) is 2.68. The van der Waals surface area contributed by atoms with Crippen molar-refractivity contribution < 1.29 is 9.53 Å². The number of anilines is 3. The van der Waals surface area contributed by atoms with Crippen molar-refractivity contribution in [1.29, 1.82) is 0 Å². The Labute approximate surface area is 118 Å². The van der Waals surface area contributed by atoms with Crippen molar-refractivity contribution in [3.05, 3.63) is 41.0 Å². The SMILES string of the molecule is O=C1COc2ccc(Nc3ccc(Br)cn3)cc2N1. The molecule has 1 aromatic heterocycles. The van der Waals surface area contributed by atoms with Crippen LogP contribution in [0.25, 0.3) is 0 Å². The average Bonchev–Trinajstić information content (AvgIpc) is 2.41. The Kier molecular flexibility index (Phi) is 3.08. The quantitative estimate of drug-likeness (QED) is 0.893. The Morgan fingerprint density at radius 2 is 2.21 bits per heavy atom. The molecule has 0 spiro atoms. The lowest BCUT2D eigenvalue weighted by Gasteiger charge is -2.18. The lowest BCUT2D eigenvalue weighted by atomic mass is 10.2. The highest BCUT2D eigenvalue weighted by Gasteiger charge is 2.15. The predicted molar refractivity (Wildman–Crippen MR) is 75.8 cm³/mol. The highest BCUT2D eigenvalue weighted by molar-refractivity contribution is 9.10. The molecule has 6 heteroatoms. The molecule has 2 aromatic rings. The largest absolute Gasteiger partial charge is 0.482 e. The molecule has 96 valence electrons. The maximum absolute atomic E-state index is 11.3. The van der Waals surface area contributed by atoms with Crippen molar-refractivity contribution in [2.24, 2.45) is 0 Å². The molecular weight excluding hydrogens is 310 g/mol. The molecule has 5 nitrogen and oxygen atoms in total. The molecule has 0 atom stereocenters. The van der Waals surface area contributed by atoms with Gasteiger partial charge in [0.25, 0.3) is 5.91 Å². The summed E-state index contributed by atoms with van der Waals surface area (Å²) in [6.07, 6.45) is 1.71. The molecule has 1 aliphatic heterocycles. The molecule has 2 N–H and O–H groups in total. The van der Waals surface area contributed by atoms with Crippen LogP contribution < -0.4 is 15.4 Å². The van der Waals surface area contributed by atoms with Crippen molar-refractivity contribution >= 4 is 39.0 Å². The van der Waals surface area contributed by atoms with E-state index < -0.39 is 0 Å². The van der Waals surface area contributed by atoms with Gasteiger partial charge in [0, 0.05) is 16.4 Å². The molecule has 0 fully saturated rings. The summed E-state index contributed by atoms with van der Waals surface area (Å²) in [5, 5.41) is 5.92. The smallest absolute Gasteiger partial charge is 0.262 e. The molecular formula is C13H10BrN3O2. The van der Waals surface area contributed by atoms with Crippen LogP contribution in [-0.4, -0.2) is 17.5 Å². The first-order valence-corrected chi connectivity index (χ1v) is 6.45. The number of nitrogens with zero attached hydrogens (tertiary/aromatic N) is 1. The van der Waals surface area contributed by atoms with Crippen molar-refractivity contribution in [3.63, 3.8) is 0 Å². The van der Waals surface area contributed by atoms with Crippen LogP contribution in [0.15, 0.2) is 41.0 Å². The molecule has 0 bridgehead atoms. The zero-order valence-electron chi connectivity index (χ0n) is 9.81. The van der Waals surface area contributed by atoms with Gasteiger partial charge in [0.05, 0.1) is 5.69 Å². The molecule has 2 heterocycles. The first-order valence-electron chi connectivity index (χ1n) is 5.66. The van der Waals surface area contributed by atoms with Gasteiger partial charge in [-0.3, -0.25) is 4.79 Å². The summed E-state index contributed by atoms with van der Waals surface area (Å²) < 4.78 is 6.22. The highest BCUT2D eigenvalue weighted by atomic mass is 79.9. The topological polar surface area (TPSA) is 63.2 Å². The van der Waals surface area contributed by atoms with E-state index in [-0.39, 0.29) is 12.5 Å². The number of hydrogen-bond acceptors (Lipinski definition) is 4. The lowest BCUT2D eigenvalue weighted by Crippen LogP contribution is -2.25. The number of nitrogens with one attached hydrogen (secondary N) is 2. The second-order valence-corrected chi connectivity index (χ2v) is 4.95. The predicted octanol–water partition coefficient (Wildman–Crippen LogP) is 2.92. The molecule has 1 aromatic carbocycles. The maximum Gasteiger partial charge on any atom is 0.262 e. The number of pyridine rings is 1. The fourth-order valence-electron chi connectivity index (χ4n) is 1.76. The second-order valence-electron chi connectivity index (χ2n) is 4.03. The number of ether oxygens (including phenoxy) is 1. The summed E-state index contributed by atoms with van der Waals surface area (Å²) in [4.78, 5) is 15.5. The lowest BCUT2D eigenvalue weighted by molar-refractivity contribution is -0.118. The number of benzene rings is 1. The molecule has 3 rings (SSSR count). The van der Waals surface area contributed by atoms with E-state index in [1.807, 2.05) is 30.3 Å². The molecule has 0 aliphatic carbocycles. The standard InChI is InChI=1S/C13H10BrN3O2/c14-8-1-4-12(15-6-8)16-9-2-3-11-10(5-9)17-13(18)7-19-11/h1-6H,7H2,(H,15,16)(H,17,18). The van der Waals surface area contributed by atoms with Crippen molar-refractivity contribution in [1.82, 2.24) is 4.98 Å². The maximum atomic E-state index is 11.3. The highest BCUT2D eigenvalue weighted by Crippen LogP contribution is 2.31. The van der Waals surface area contributed by atoms with E-state index in [1.165, 1.54) is 0 Å². The number of carbonyl (C=O) groups is 1. The molecule has 0 unspecified atom stereocenters. The average molecular weight is 320 g/mol. The summed E-state index contributed by atoms with van der Waals surface area (Å²) in [5.41, 5.74) is 1.50. The van der Waals surface area contributed by atoms with Gasteiger partial charge in [0.1, 0.15) is 11.6 Å². The first-order chi connectivity index (χ1) is 9.20. The zero-order chi connectivity index (χ0) is 13.2. The number of rotatable bonds is 2. The van der Waals surface area contributed by atoms with Gasteiger partial charge in [0.15, 0.2) is 6.61 Å². The number of hydrogen-bond donors (Lipinski definition) is 2. The van der Waals surface area contributed by atoms with Crippen LogP contribution in [-0.2, 0) is 4.79 Å². The second kappa shape index (κ2) is 4.89. The number of amides is 1. The fraction of sp³-hybridized carbons (Fsp3) is 0.0769. The van der Waals surface area contributed by atoms with E-state index in [9.17, 15) is 4.79 Å². The summed E-state index contributed by atoms with van der Waals surface area (Å²) in [6.45, 7) is 0.0635. The third-order valence-corrected chi connectivity index (χ3v) is 3.08. The Bertz CT molecular complexity index is 628. The van der Waals surface area contributed by atoms with E-state index in [4.69, 9.17) is 4.74 Å². The summed E-state index contributed by atoms with van der Waals surface area (Å²) in [5.74, 6) is 1.26. The fourth-order valence-corrected chi connectivity index (χ4v) is 1.99. The molecule has 1 amide bonds. The number of carbonyl (C=O) groups excluding carboxylic acids is 1. The monoisotopic (exact) mass is 319 g/mol. The van der Waals surface area contributed by atoms with Gasteiger partial charge in [-0.25, -0.2) is 4.98 Å². The zero-order valence-corrected chi connectivity index (χ0v) is 11.4. The van der Waals surface area contributed by atoms with Crippen molar-refractivity contribution in [2.75, 3.05) is 17.2 Å². The van der Waals surface area contributed by atoms with Crippen LogP contribution in [0.4, 0.5) is 17.2 Å². The third-order valence-electron chi connectivity index (χ3n) is 2.61. The normalized spacial score (nSPS) is 13.2. The number of halogens is 1. The van der Waals surface area contributed by atoms with Crippen LogP contribution in [0.5, 0.6) is 5.75 Å². The molecule has 0 saturated carbocycles. The number of fused-ring (bicyclic) bond motifs is 1. The van der Waals surface area contributed by atoms with E-state index in [2.05, 4.69) is 31.5 Å². The minimum Gasteiger partial charge on any atom is -0.482 e. The van der Waals surface area contributed by atoms with E-state index in [0.717, 1.165) is 16.0 Å². The molecule has 1 aliphatic rings. The van der Waals surface area contributed by atoms with Crippen LogP contribution in [0.3, 0.4) is 0 Å². The van der Waals surface area contributed by atoms with Gasteiger partial charge in [-0.15, -0.1) is 0 Å². The summed E-state index contributed by atoms with van der Waals surface area (Å²) in [6, 6.07) is 9.27. The van der Waals surface area contributed by atoms with E-state index in [0.29, 0.717) is 11.4 Å². The Morgan fingerprint density at radius 1 is 1.32 bits per heavy atom. The van der Waals surface area contributed by atoms with Crippen LogP contribution in [0, 0.1) is 0 Å². The van der Waals surface area contributed by atoms with E-state index in [1.54, 1.807) is 6.20 Å². The van der Waals surface area contributed by atoms with Gasteiger partial charge in [0.2, 0.25) is 0 Å². The van der Waals surface area contributed by atoms with Crippen molar-refractivity contribution in [2.45, 2.75) is 0 Å². The van der Waals surface area contributed by atoms with Gasteiger partial charge < -0.3 is 15.4 Å². The Morgan fingerprint density at radius 3 is 3.00 bits per heavy atom. The van der Waals surface area contributed by atoms with Crippen molar-refractivity contribution in [3.8, 4) is 5.75 Å². The molecule has 19 heavy (non-hydrogen) atoms. The summed E-state index contributed by atoms with van der Waals surface area (Å²) >= 11 is 3.33. The number of aromatic nitrogens is 1. The summed E-state index contributed by atoms with van der Waals surface area (Å²) in [7, 11) is 0. The van der Waals surface area contributed by atoms with Crippen LogP contribution in [0.1, 0.15) is 0 Å². The first kappa shape index (κ1) is 12.0. The van der Waals surface area contributed by atoms with Gasteiger partial charge in [-0.1, -0.05) is 0 Å². The van der Waals surface area contributed by atoms with Gasteiger partial charge in [-0.05, 0) is 46.3 Å². The van der Waals surface area contributed by atoms with Gasteiger partial charge >= 0.3 is 0 Å². The minimum absolute atomic E-state index is 0.0635. The molecule has 0 radical (unpaired) electrons. The molecule has 0 saturated heterocycles. The van der Waals surface area contributed by atoms with E-state index >= 15 is 0 Å². The minimum atomic E-state index is -0.147. The van der Waals surface area contributed by atoms with Gasteiger partial charge in [-0.2, -0.15) is 0 Å².